The minimum Gasteiger partial charge on any atom is -0.508 e. The van der Waals surface area contributed by atoms with Crippen LogP contribution in [-0.2, 0) is 0 Å². The van der Waals surface area contributed by atoms with Gasteiger partial charge in [-0.3, -0.25) is 9.69 Å². The van der Waals surface area contributed by atoms with E-state index in [1.54, 1.807) is 37.4 Å². The Morgan fingerprint density at radius 2 is 1.69 bits per heavy atom. The molecule has 9 heteroatoms. The molecule has 0 bridgehead atoms. The van der Waals surface area contributed by atoms with Crippen LogP contribution in [0.5, 0.6) is 23.0 Å². The molecule has 0 saturated carbocycles. The van der Waals surface area contributed by atoms with Crippen LogP contribution in [0.4, 0.5) is 5.69 Å². The number of piperazine rings is 1. The van der Waals surface area contributed by atoms with Crippen LogP contribution in [0.25, 0.3) is 0 Å². The van der Waals surface area contributed by atoms with Crippen LogP contribution in [0.3, 0.4) is 0 Å². The molecule has 0 aliphatic carbocycles. The standard InChI is InChI=1S/C30H37N3O4.2ClH/c1-21(2)27(20-32-16-17-33(22(3)19-32)24-8-7-9-25(34)18-24)31-30(35)23-12-14-26(15-13-23)37-29-11-6-5-10-28(29)36-4;;/h5-15,18,21-22,27,34H,16-17,19-20H2,1-4H3,(H,31,35);2*1H/t22-,27+;;/m0../s1. The second-order valence-corrected chi connectivity index (χ2v) is 9.92. The number of rotatable bonds is 9. The number of phenols is 1. The maximum atomic E-state index is 13.1. The number of carbonyl (C=O) groups excluding carboxylic acids is 1. The predicted molar refractivity (Wildman–Crippen MR) is 161 cm³/mol. The van der Waals surface area contributed by atoms with Gasteiger partial charge in [-0.2, -0.15) is 0 Å². The van der Waals surface area contributed by atoms with Gasteiger partial charge in [0, 0.05) is 55.6 Å². The van der Waals surface area contributed by atoms with Crippen molar-refractivity contribution in [1.82, 2.24) is 10.2 Å². The van der Waals surface area contributed by atoms with E-state index >= 15 is 0 Å². The van der Waals surface area contributed by atoms with Crippen molar-refractivity contribution in [3.63, 3.8) is 0 Å². The van der Waals surface area contributed by atoms with E-state index in [-0.39, 0.29) is 48.4 Å². The summed E-state index contributed by atoms with van der Waals surface area (Å²) in [5, 5.41) is 13.1. The molecule has 3 aromatic carbocycles. The number of carbonyl (C=O) groups is 1. The highest BCUT2D eigenvalue weighted by Gasteiger charge is 2.27. The van der Waals surface area contributed by atoms with Crippen molar-refractivity contribution < 1.29 is 19.4 Å². The Hall–Kier alpha value is -3.13. The lowest BCUT2D eigenvalue weighted by atomic mass is 10.0. The topological polar surface area (TPSA) is 74.3 Å². The molecule has 7 nitrogen and oxygen atoms in total. The Labute approximate surface area is 243 Å². The molecule has 0 spiro atoms. The summed E-state index contributed by atoms with van der Waals surface area (Å²) in [6.45, 7) is 9.93. The van der Waals surface area contributed by atoms with E-state index in [0.29, 0.717) is 28.9 Å². The highest BCUT2D eigenvalue weighted by molar-refractivity contribution is 5.94. The number of amides is 1. The average Bonchev–Trinajstić information content (AvgIpc) is 2.89. The molecule has 212 valence electrons. The number of hydrogen-bond donors (Lipinski definition) is 2. The summed E-state index contributed by atoms with van der Waals surface area (Å²) in [7, 11) is 1.61. The Bertz CT molecular complexity index is 1190. The number of ether oxygens (including phenoxy) is 2. The molecule has 4 rings (SSSR count). The minimum absolute atomic E-state index is 0. The zero-order valence-electron chi connectivity index (χ0n) is 22.9. The average molecular weight is 577 g/mol. The van der Waals surface area contributed by atoms with Gasteiger partial charge in [-0.15, -0.1) is 24.8 Å². The summed E-state index contributed by atoms with van der Waals surface area (Å²) in [4.78, 5) is 17.8. The zero-order valence-corrected chi connectivity index (χ0v) is 24.5. The van der Waals surface area contributed by atoms with E-state index < -0.39 is 0 Å². The van der Waals surface area contributed by atoms with Gasteiger partial charge in [-0.1, -0.05) is 32.0 Å². The van der Waals surface area contributed by atoms with Crippen LogP contribution < -0.4 is 19.7 Å². The van der Waals surface area contributed by atoms with Gasteiger partial charge in [0.1, 0.15) is 11.5 Å². The summed E-state index contributed by atoms with van der Waals surface area (Å²) in [5.74, 6) is 2.40. The van der Waals surface area contributed by atoms with E-state index in [4.69, 9.17) is 9.47 Å². The fourth-order valence-corrected chi connectivity index (χ4v) is 4.71. The minimum atomic E-state index is -0.0889. The fraction of sp³-hybridized carbons (Fsp3) is 0.367. The van der Waals surface area contributed by atoms with Gasteiger partial charge >= 0.3 is 0 Å². The normalized spacial score (nSPS) is 16.0. The number of anilines is 1. The molecule has 1 aliphatic rings. The first kappa shape index (κ1) is 32.1. The van der Waals surface area contributed by atoms with E-state index in [1.165, 1.54) is 0 Å². The Kier molecular flexibility index (Phi) is 12.2. The maximum Gasteiger partial charge on any atom is 0.251 e. The van der Waals surface area contributed by atoms with Crippen molar-refractivity contribution >= 4 is 36.4 Å². The van der Waals surface area contributed by atoms with Crippen LogP contribution in [0, 0.1) is 5.92 Å². The van der Waals surface area contributed by atoms with Gasteiger partial charge in [0.2, 0.25) is 0 Å². The number of benzene rings is 3. The number of para-hydroxylation sites is 2. The second kappa shape index (κ2) is 14.9. The highest BCUT2D eigenvalue weighted by Crippen LogP contribution is 2.31. The fourth-order valence-electron chi connectivity index (χ4n) is 4.71. The van der Waals surface area contributed by atoms with Gasteiger partial charge in [-0.25, -0.2) is 0 Å². The van der Waals surface area contributed by atoms with Crippen LogP contribution in [0.1, 0.15) is 31.1 Å². The molecule has 0 radical (unpaired) electrons. The molecular formula is C30H39Cl2N3O4. The molecule has 1 amide bonds. The van der Waals surface area contributed by atoms with Crippen LogP contribution in [0.2, 0.25) is 0 Å². The van der Waals surface area contributed by atoms with Gasteiger partial charge in [0.15, 0.2) is 11.5 Å². The van der Waals surface area contributed by atoms with Gasteiger partial charge in [0.05, 0.1) is 7.11 Å². The first-order valence-corrected chi connectivity index (χ1v) is 12.8. The Morgan fingerprint density at radius 1 is 1.00 bits per heavy atom. The molecule has 3 aromatic rings. The Balaban J connectivity index is 0.00000267. The van der Waals surface area contributed by atoms with Crippen LogP contribution >= 0.6 is 24.8 Å². The van der Waals surface area contributed by atoms with Gasteiger partial charge < -0.3 is 24.8 Å². The summed E-state index contributed by atoms with van der Waals surface area (Å²) in [6.07, 6.45) is 0. The third-order valence-electron chi connectivity index (χ3n) is 6.86. The second-order valence-electron chi connectivity index (χ2n) is 9.92. The third-order valence-corrected chi connectivity index (χ3v) is 6.86. The molecule has 1 aliphatic heterocycles. The van der Waals surface area contributed by atoms with Gasteiger partial charge in [-0.05, 0) is 61.4 Å². The first-order chi connectivity index (χ1) is 17.8. The van der Waals surface area contributed by atoms with E-state index in [0.717, 1.165) is 31.9 Å². The van der Waals surface area contributed by atoms with Crippen molar-refractivity contribution in [1.29, 1.82) is 0 Å². The molecule has 0 unspecified atom stereocenters. The lowest BCUT2D eigenvalue weighted by Crippen LogP contribution is -2.56. The maximum absolute atomic E-state index is 13.1. The largest absolute Gasteiger partial charge is 0.508 e. The van der Waals surface area contributed by atoms with E-state index in [2.05, 4.69) is 35.9 Å². The summed E-state index contributed by atoms with van der Waals surface area (Å²) in [6, 6.07) is 22.4. The van der Waals surface area contributed by atoms with Crippen LogP contribution in [0.15, 0.2) is 72.8 Å². The van der Waals surface area contributed by atoms with Crippen molar-refractivity contribution in [2.45, 2.75) is 32.9 Å². The third kappa shape index (κ3) is 8.43. The quantitative estimate of drug-likeness (QED) is 0.326. The number of phenolic OH excluding ortho intramolecular Hbond substituents is 1. The van der Waals surface area contributed by atoms with Crippen molar-refractivity contribution in [3.05, 3.63) is 78.4 Å². The number of halogens is 2. The number of nitrogens with zero attached hydrogens (tertiary/aromatic N) is 2. The monoisotopic (exact) mass is 575 g/mol. The summed E-state index contributed by atoms with van der Waals surface area (Å²) < 4.78 is 11.3. The molecule has 0 aromatic heterocycles. The molecule has 2 atom stereocenters. The molecule has 39 heavy (non-hydrogen) atoms. The van der Waals surface area contributed by atoms with Gasteiger partial charge in [0.25, 0.3) is 5.91 Å². The lowest BCUT2D eigenvalue weighted by Gasteiger charge is -2.42. The summed E-state index contributed by atoms with van der Waals surface area (Å²) in [5.41, 5.74) is 1.64. The summed E-state index contributed by atoms with van der Waals surface area (Å²) >= 11 is 0. The smallest absolute Gasteiger partial charge is 0.251 e. The zero-order chi connectivity index (χ0) is 26.4. The SMILES string of the molecule is COc1ccccc1Oc1ccc(C(=O)N[C@H](CN2CCN(c3cccc(O)c3)[C@@H](C)C2)C(C)C)cc1.Cl.Cl. The molecular weight excluding hydrogens is 537 g/mol. The lowest BCUT2D eigenvalue weighted by molar-refractivity contribution is 0.0903. The van der Waals surface area contributed by atoms with E-state index in [9.17, 15) is 9.90 Å². The Morgan fingerprint density at radius 3 is 2.31 bits per heavy atom. The molecule has 2 N–H and O–H groups in total. The number of aromatic hydroxyl groups is 1. The van der Waals surface area contributed by atoms with E-state index in [1.807, 2.05) is 42.5 Å². The highest BCUT2D eigenvalue weighted by atomic mass is 35.5. The van der Waals surface area contributed by atoms with Crippen molar-refractivity contribution in [3.8, 4) is 23.0 Å². The van der Waals surface area contributed by atoms with Crippen molar-refractivity contribution in [2.75, 3.05) is 38.2 Å². The van der Waals surface area contributed by atoms with Crippen molar-refractivity contribution in [2.24, 2.45) is 5.92 Å². The first-order valence-electron chi connectivity index (χ1n) is 12.8. The predicted octanol–water partition coefficient (Wildman–Crippen LogP) is 6.00. The number of nitrogens with one attached hydrogen (secondary N) is 1. The number of methoxy groups -OCH3 is 1. The van der Waals surface area contributed by atoms with Crippen LogP contribution in [-0.4, -0.2) is 61.3 Å². The molecule has 1 saturated heterocycles. The number of hydrogen-bond acceptors (Lipinski definition) is 6. The molecule has 1 heterocycles. The molecule has 1 fully saturated rings.